The Labute approximate surface area is 94.1 Å². The van der Waals surface area contributed by atoms with Crippen LogP contribution in [0.25, 0.3) is 16.7 Å². The largest absolute Gasteiger partial charge is 0.346 e. The van der Waals surface area contributed by atoms with E-state index in [0.717, 1.165) is 21.2 Å². The third-order valence-corrected chi connectivity index (χ3v) is 2.64. The second kappa shape index (κ2) is 3.20. The molecule has 0 aliphatic heterocycles. The summed E-state index contributed by atoms with van der Waals surface area (Å²) in [6, 6.07) is 3.93. The topological polar surface area (TPSA) is 46.5 Å². The van der Waals surface area contributed by atoms with Gasteiger partial charge in [0.1, 0.15) is 5.65 Å². The zero-order chi connectivity index (χ0) is 10.3. The predicted octanol–water partition coefficient (Wildman–Crippen LogP) is 2.51. The van der Waals surface area contributed by atoms with Crippen LogP contribution in [0.3, 0.4) is 0 Å². The molecule has 0 unspecified atom stereocenters. The summed E-state index contributed by atoms with van der Waals surface area (Å²) in [7, 11) is 0. The second-order valence-corrected chi connectivity index (χ2v) is 4.09. The molecule has 3 heterocycles. The molecule has 3 rings (SSSR count). The molecule has 0 aliphatic carbocycles. The Kier molecular flexibility index (Phi) is 1.85. The first-order valence-electron chi connectivity index (χ1n) is 4.47. The lowest BCUT2D eigenvalue weighted by atomic mass is 10.3. The highest BCUT2D eigenvalue weighted by atomic mass is 79.9. The minimum atomic E-state index is 0.874. The van der Waals surface area contributed by atoms with Gasteiger partial charge in [-0.1, -0.05) is 0 Å². The number of hydrogen-bond acceptors (Lipinski definition) is 2. The van der Waals surface area contributed by atoms with E-state index in [4.69, 9.17) is 0 Å². The maximum atomic E-state index is 4.24. The van der Waals surface area contributed by atoms with Gasteiger partial charge in [0.2, 0.25) is 0 Å². The summed E-state index contributed by atoms with van der Waals surface area (Å²) >= 11 is 3.38. The number of rotatable bonds is 1. The van der Waals surface area contributed by atoms with Gasteiger partial charge in [0.05, 0.1) is 16.4 Å². The first-order valence-corrected chi connectivity index (χ1v) is 5.26. The van der Waals surface area contributed by atoms with E-state index < -0.39 is 0 Å². The van der Waals surface area contributed by atoms with Crippen LogP contribution < -0.4 is 0 Å². The Hall–Kier alpha value is -1.62. The molecule has 5 heteroatoms. The minimum Gasteiger partial charge on any atom is -0.346 e. The van der Waals surface area contributed by atoms with E-state index in [1.807, 2.05) is 29.2 Å². The molecule has 3 aromatic rings. The third kappa shape index (κ3) is 1.35. The minimum absolute atomic E-state index is 0.874. The number of pyridine rings is 1. The highest BCUT2D eigenvalue weighted by molar-refractivity contribution is 9.10. The van der Waals surface area contributed by atoms with Crippen molar-refractivity contribution in [2.75, 3.05) is 0 Å². The van der Waals surface area contributed by atoms with E-state index in [-0.39, 0.29) is 0 Å². The van der Waals surface area contributed by atoms with E-state index in [0.29, 0.717) is 0 Å². The molecule has 1 N–H and O–H groups in total. The summed E-state index contributed by atoms with van der Waals surface area (Å²) in [4.78, 5) is 7.30. The summed E-state index contributed by atoms with van der Waals surface area (Å²) in [5.74, 6) is 0. The van der Waals surface area contributed by atoms with Gasteiger partial charge in [0, 0.05) is 24.0 Å². The van der Waals surface area contributed by atoms with E-state index in [2.05, 4.69) is 31.0 Å². The maximum Gasteiger partial charge on any atom is 0.139 e. The van der Waals surface area contributed by atoms with Crippen molar-refractivity contribution in [3.8, 4) is 5.69 Å². The predicted molar refractivity (Wildman–Crippen MR) is 60.9 cm³/mol. The molecule has 0 amide bonds. The Balaban J connectivity index is 2.30. The van der Waals surface area contributed by atoms with Crippen molar-refractivity contribution in [2.45, 2.75) is 0 Å². The molecular formula is C10H7BrN4. The Morgan fingerprint density at radius 3 is 3.07 bits per heavy atom. The molecule has 0 radical (unpaired) electrons. The van der Waals surface area contributed by atoms with Crippen molar-refractivity contribution in [3.05, 3.63) is 41.4 Å². The van der Waals surface area contributed by atoms with E-state index in [9.17, 15) is 0 Å². The van der Waals surface area contributed by atoms with Crippen LogP contribution in [-0.2, 0) is 0 Å². The van der Waals surface area contributed by atoms with Gasteiger partial charge in [-0.2, -0.15) is 5.10 Å². The first kappa shape index (κ1) is 8.67. The summed E-state index contributed by atoms with van der Waals surface area (Å²) in [5.41, 5.74) is 1.89. The molecular weight excluding hydrogens is 256 g/mol. The van der Waals surface area contributed by atoms with Crippen LogP contribution in [0.2, 0.25) is 0 Å². The van der Waals surface area contributed by atoms with Crippen molar-refractivity contribution in [2.24, 2.45) is 0 Å². The molecule has 0 aromatic carbocycles. The van der Waals surface area contributed by atoms with Crippen LogP contribution in [0, 0.1) is 0 Å². The van der Waals surface area contributed by atoms with E-state index in [1.165, 1.54) is 0 Å². The van der Waals surface area contributed by atoms with E-state index in [1.54, 1.807) is 12.4 Å². The summed E-state index contributed by atoms with van der Waals surface area (Å²) in [6.07, 6.45) is 7.32. The van der Waals surface area contributed by atoms with Crippen molar-refractivity contribution in [3.63, 3.8) is 0 Å². The smallest absolute Gasteiger partial charge is 0.139 e. The summed E-state index contributed by atoms with van der Waals surface area (Å²) < 4.78 is 2.78. The van der Waals surface area contributed by atoms with Gasteiger partial charge in [-0.15, -0.1) is 0 Å². The molecule has 0 fully saturated rings. The fraction of sp³-hybridized carbons (Fsp3) is 0. The Morgan fingerprint density at radius 2 is 2.27 bits per heavy atom. The standard InChI is InChI=1S/C10H7BrN4/c11-7-5-14-15(6-7)9-2-4-13-10-8(9)1-3-12-10/h1-6H,(H,12,13). The van der Waals surface area contributed by atoms with Gasteiger partial charge >= 0.3 is 0 Å². The number of fused-ring (bicyclic) bond motifs is 1. The molecule has 0 bridgehead atoms. The monoisotopic (exact) mass is 262 g/mol. The van der Waals surface area contributed by atoms with Gasteiger partial charge in [0.25, 0.3) is 0 Å². The lowest BCUT2D eigenvalue weighted by Gasteiger charge is -2.01. The lowest BCUT2D eigenvalue weighted by Crippen LogP contribution is -1.95. The highest BCUT2D eigenvalue weighted by Gasteiger charge is 2.05. The fourth-order valence-corrected chi connectivity index (χ4v) is 1.86. The third-order valence-electron chi connectivity index (χ3n) is 2.24. The fourth-order valence-electron chi connectivity index (χ4n) is 1.58. The highest BCUT2D eigenvalue weighted by Crippen LogP contribution is 2.20. The molecule has 0 aliphatic rings. The SMILES string of the molecule is Brc1cnn(-c2ccnc3[nH]ccc23)c1. The van der Waals surface area contributed by atoms with Crippen LogP contribution in [-0.4, -0.2) is 19.7 Å². The van der Waals surface area contributed by atoms with Crippen LogP contribution in [0.5, 0.6) is 0 Å². The van der Waals surface area contributed by atoms with Gasteiger partial charge in [-0.25, -0.2) is 9.67 Å². The molecule has 3 aromatic heterocycles. The van der Waals surface area contributed by atoms with Crippen molar-refractivity contribution in [1.82, 2.24) is 19.7 Å². The van der Waals surface area contributed by atoms with Gasteiger partial charge in [0.15, 0.2) is 0 Å². The molecule has 0 saturated heterocycles. The lowest BCUT2D eigenvalue weighted by molar-refractivity contribution is 0.886. The molecule has 0 atom stereocenters. The Bertz CT molecular complexity index is 610. The van der Waals surface area contributed by atoms with E-state index >= 15 is 0 Å². The number of nitrogens with zero attached hydrogens (tertiary/aromatic N) is 3. The maximum absolute atomic E-state index is 4.24. The van der Waals surface area contributed by atoms with Gasteiger partial charge < -0.3 is 4.98 Å². The number of aromatic nitrogens is 4. The van der Waals surface area contributed by atoms with Gasteiger partial charge in [-0.05, 0) is 28.1 Å². The van der Waals surface area contributed by atoms with Crippen molar-refractivity contribution >= 4 is 27.0 Å². The molecule has 0 saturated carbocycles. The number of H-pyrrole nitrogens is 1. The van der Waals surface area contributed by atoms with Crippen molar-refractivity contribution < 1.29 is 0 Å². The zero-order valence-electron chi connectivity index (χ0n) is 7.68. The average Bonchev–Trinajstić information content (AvgIpc) is 2.84. The zero-order valence-corrected chi connectivity index (χ0v) is 9.27. The van der Waals surface area contributed by atoms with Crippen LogP contribution >= 0.6 is 15.9 Å². The van der Waals surface area contributed by atoms with Crippen molar-refractivity contribution in [1.29, 1.82) is 0 Å². The van der Waals surface area contributed by atoms with Crippen LogP contribution in [0.15, 0.2) is 41.4 Å². The Morgan fingerprint density at radius 1 is 1.33 bits per heavy atom. The molecule has 4 nitrogen and oxygen atoms in total. The first-order chi connectivity index (χ1) is 7.34. The number of nitrogens with one attached hydrogen (secondary N) is 1. The second-order valence-electron chi connectivity index (χ2n) is 3.17. The number of hydrogen-bond donors (Lipinski definition) is 1. The molecule has 0 spiro atoms. The normalized spacial score (nSPS) is 11.0. The molecule has 74 valence electrons. The number of aromatic amines is 1. The van der Waals surface area contributed by atoms with Crippen LogP contribution in [0.4, 0.5) is 0 Å². The quantitative estimate of drug-likeness (QED) is 0.733. The van der Waals surface area contributed by atoms with Crippen LogP contribution in [0.1, 0.15) is 0 Å². The summed E-state index contributed by atoms with van der Waals surface area (Å²) in [6.45, 7) is 0. The number of halogens is 1. The van der Waals surface area contributed by atoms with Gasteiger partial charge in [-0.3, -0.25) is 0 Å². The molecule has 15 heavy (non-hydrogen) atoms. The summed E-state index contributed by atoms with van der Waals surface area (Å²) in [5, 5.41) is 5.31. The average molecular weight is 263 g/mol.